The molecule has 0 saturated heterocycles. The van der Waals surface area contributed by atoms with Crippen LogP contribution >= 0.6 is 15.9 Å². The Morgan fingerprint density at radius 2 is 1.41 bits per heavy atom. The number of halogens is 1. The number of methoxy groups -OCH3 is 1. The fourth-order valence-electron chi connectivity index (χ4n) is 3.25. The van der Waals surface area contributed by atoms with Gasteiger partial charge in [0.1, 0.15) is 11.8 Å². The van der Waals surface area contributed by atoms with Crippen molar-refractivity contribution < 1.29 is 19.1 Å². The zero-order chi connectivity index (χ0) is 24.7. The van der Waals surface area contributed by atoms with Crippen molar-refractivity contribution >= 4 is 45.0 Å². The van der Waals surface area contributed by atoms with Crippen LogP contribution in [0, 0.1) is 5.92 Å². The van der Waals surface area contributed by atoms with Crippen LogP contribution < -0.4 is 20.7 Å². The highest BCUT2D eigenvalue weighted by molar-refractivity contribution is 9.10. The highest BCUT2D eigenvalue weighted by Crippen LogP contribution is 2.22. The highest BCUT2D eigenvalue weighted by atomic mass is 79.9. The smallest absolute Gasteiger partial charge is 0.255 e. The molecule has 176 valence electrons. The Morgan fingerprint density at radius 1 is 0.794 bits per heavy atom. The lowest BCUT2D eigenvalue weighted by Gasteiger charge is -2.23. The van der Waals surface area contributed by atoms with Gasteiger partial charge in [-0.3, -0.25) is 14.4 Å². The van der Waals surface area contributed by atoms with Gasteiger partial charge in [0.15, 0.2) is 0 Å². The minimum Gasteiger partial charge on any atom is -0.497 e. The molecule has 0 aliphatic heterocycles. The van der Waals surface area contributed by atoms with Crippen LogP contribution in [-0.2, 0) is 4.79 Å². The fraction of sp³-hybridized carbons (Fsp3) is 0.192. The van der Waals surface area contributed by atoms with E-state index in [1.54, 1.807) is 61.7 Å². The molecule has 0 aromatic heterocycles. The zero-order valence-electron chi connectivity index (χ0n) is 19.1. The maximum Gasteiger partial charge on any atom is 0.255 e. The average Bonchev–Trinajstić information content (AvgIpc) is 2.83. The number of amides is 3. The molecule has 0 radical (unpaired) electrons. The summed E-state index contributed by atoms with van der Waals surface area (Å²) in [6, 6.07) is 19.8. The van der Waals surface area contributed by atoms with Crippen molar-refractivity contribution in [2.24, 2.45) is 5.92 Å². The molecular weight excluding hydrogens is 498 g/mol. The zero-order valence-corrected chi connectivity index (χ0v) is 20.7. The number of para-hydroxylation sites is 2. The van der Waals surface area contributed by atoms with Gasteiger partial charge in [0, 0.05) is 10.0 Å². The number of ether oxygens (including phenoxy) is 1. The van der Waals surface area contributed by atoms with Crippen LogP contribution in [-0.4, -0.2) is 30.9 Å². The summed E-state index contributed by atoms with van der Waals surface area (Å²) in [6.07, 6.45) is 0. The molecule has 3 N–H and O–H groups in total. The van der Waals surface area contributed by atoms with Gasteiger partial charge < -0.3 is 20.7 Å². The maximum absolute atomic E-state index is 13.1. The Kier molecular flexibility index (Phi) is 8.43. The first-order chi connectivity index (χ1) is 16.3. The summed E-state index contributed by atoms with van der Waals surface area (Å²) in [5, 5.41) is 8.43. The Bertz CT molecular complexity index is 1180. The van der Waals surface area contributed by atoms with Gasteiger partial charge in [-0.15, -0.1) is 0 Å². The minimum atomic E-state index is -0.787. The van der Waals surface area contributed by atoms with E-state index in [0.717, 1.165) is 4.47 Å². The molecule has 1 atom stereocenters. The standard InChI is InChI=1S/C26H26BrN3O4/c1-16(2)23(26(33)29-22-11-7-5-9-20(22)27)30-25(32)19-8-4-6-10-21(19)28-24(31)17-12-14-18(34-3)15-13-17/h4-16,23H,1-3H3,(H,28,31)(H,29,33)(H,30,32)/t23-/m1/s1. The van der Waals surface area contributed by atoms with Gasteiger partial charge in [0.2, 0.25) is 5.91 Å². The summed E-state index contributed by atoms with van der Waals surface area (Å²) in [7, 11) is 1.55. The van der Waals surface area contributed by atoms with Gasteiger partial charge in [-0.05, 0) is 70.4 Å². The SMILES string of the molecule is COc1ccc(C(=O)Nc2ccccc2C(=O)N[C@@H](C(=O)Nc2ccccc2Br)C(C)C)cc1. The predicted molar refractivity (Wildman–Crippen MR) is 136 cm³/mol. The lowest BCUT2D eigenvalue weighted by atomic mass is 10.0. The summed E-state index contributed by atoms with van der Waals surface area (Å²) in [5.74, 6) is -0.707. The maximum atomic E-state index is 13.1. The quantitative estimate of drug-likeness (QED) is 0.382. The summed E-state index contributed by atoms with van der Waals surface area (Å²) in [6.45, 7) is 3.70. The number of rotatable bonds is 8. The van der Waals surface area contributed by atoms with Gasteiger partial charge >= 0.3 is 0 Å². The number of carbonyl (C=O) groups excluding carboxylic acids is 3. The largest absolute Gasteiger partial charge is 0.497 e. The van der Waals surface area contributed by atoms with Crippen LogP contribution in [0.25, 0.3) is 0 Å². The monoisotopic (exact) mass is 523 g/mol. The first-order valence-corrected chi connectivity index (χ1v) is 11.5. The lowest BCUT2D eigenvalue weighted by Crippen LogP contribution is -2.47. The van der Waals surface area contributed by atoms with E-state index in [0.29, 0.717) is 22.7 Å². The van der Waals surface area contributed by atoms with Gasteiger partial charge in [0.25, 0.3) is 11.8 Å². The molecule has 3 aromatic rings. The number of anilines is 2. The van der Waals surface area contributed by atoms with Crippen LogP contribution in [0.5, 0.6) is 5.75 Å². The molecular formula is C26H26BrN3O4. The molecule has 0 aliphatic rings. The van der Waals surface area contributed by atoms with Crippen LogP contribution in [0.1, 0.15) is 34.6 Å². The third kappa shape index (κ3) is 6.23. The minimum absolute atomic E-state index is 0.174. The first kappa shape index (κ1) is 25.0. The molecule has 0 heterocycles. The predicted octanol–water partition coefficient (Wildman–Crippen LogP) is 5.10. The molecule has 0 saturated carbocycles. The van der Waals surface area contributed by atoms with E-state index in [1.165, 1.54) is 0 Å². The fourth-order valence-corrected chi connectivity index (χ4v) is 3.64. The van der Waals surface area contributed by atoms with Gasteiger partial charge in [0.05, 0.1) is 24.0 Å². The highest BCUT2D eigenvalue weighted by Gasteiger charge is 2.26. The molecule has 3 rings (SSSR count). The van der Waals surface area contributed by atoms with Crippen molar-refractivity contribution in [2.75, 3.05) is 17.7 Å². The number of hydrogen-bond donors (Lipinski definition) is 3. The van der Waals surface area contributed by atoms with Gasteiger partial charge in [-0.25, -0.2) is 0 Å². The average molecular weight is 524 g/mol. The topological polar surface area (TPSA) is 96.5 Å². The summed E-state index contributed by atoms with van der Waals surface area (Å²) in [5.41, 5.74) is 1.63. The first-order valence-electron chi connectivity index (χ1n) is 10.7. The second kappa shape index (κ2) is 11.5. The van der Waals surface area contributed by atoms with E-state index in [4.69, 9.17) is 4.74 Å². The Labute approximate surface area is 207 Å². The molecule has 0 bridgehead atoms. The Hall–Kier alpha value is -3.65. The van der Waals surface area contributed by atoms with Crippen molar-refractivity contribution in [1.29, 1.82) is 0 Å². The number of carbonyl (C=O) groups is 3. The molecule has 3 amide bonds. The van der Waals surface area contributed by atoms with Crippen molar-refractivity contribution in [3.05, 3.63) is 88.4 Å². The summed E-state index contributed by atoms with van der Waals surface area (Å²) < 4.78 is 5.86. The van der Waals surface area contributed by atoms with Crippen LogP contribution in [0.15, 0.2) is 77.3 Å². The van der Waals surface area contributed by atoms with E-state index in [9.17, 15) is 14.4 Å². The van der Waals surface area contributed by atoms with Crippen LogP contribution in [0.3, 0.4) is 0 Å². The van der Waals surface area contributed by atoms with Crippen molar-refractivity contribution in [3.63, 3.8) is 0 Å². The second-order valence-corrected chi connectivity index (χ2v) is 8.75. The van der Waals surface area contributed by atoms with Crippen LogP contribution in [0.2, 0.25) is 0 Å². The normalized spacial score (nSPS) is 11.4. The molecule has 0 unspecified atom stereocenters. The molecule has 3 aromatic carbocycles. The van der Waals surface area contributed by atoms with E-state index < -0.39 is 11.9 Å². The Balaban J connectivity index is 1.76. The Morgan fingerprint density at radius 3 is 2.03 bits per heavy atom. The van der Waals surface area contributed by atoms with Crippen molar-refractivity contribution in [2.45, 2.75) is 19.9 Å². The summed E-state index contributed by atoms with van der Waals surface area (Å²) in [4.78, 5) is 38.8. The van der Waals surface area contributed by atoms with Gasteiger partial charge in [-0.2, -0.15) is 0 Å². The third-order valence-corrected chi connectivity index (χ3v) is 5.83. The van der Waals surface area contributed by atoms with E-state index in [-0.39, 0.29) is 23.3 Å². The molecule has 0 aliphatic carbocycles. The molecule has 0 fully saturated rings. The van der Waals surface area contributed by atoms with Crippen LogP contribution in [0.4, 0.5) is 11.4 Å². The van der Waals surface area contributed by atoms with Crippen molar-refractivity contribution in [3.8, 4) is 5.75 Å². The summed E-state index contributed by atoms with van der Waals surface area (Å²) >= 11 is 3.41. The number of hydrogen-bond acceptors (Lipinski definition) is 4. The number of nitrogens with one attached hydrogen (secondary N) is 3. The molecule has 0 spiro atoms. The molecule has 7 nitrogen and oxygen atoms in total. The second-order valence-electron chi connectivity index (χ2n) is 7.89. The van der Waals surface area contributed by atoms with E-state index >= 15 is 0 Å². The molecule has 8 heteroatoms. The van der Waals surface area contributed by atoms with E-state index in [1.807, 2.05) is 32.0 Å². The number of benzene rings is 3. The van der Waals surface area contributed by atoms with Crippen molar-refractivity contribution in [1.82, 2.24) is 5.32 Å². The lowest BCUT2D eigenvalue weighted by molar-refractivity contribution is -0.118. The van der Waals surface area contributed by atoms with E-state index in [2.05, 4.69) is 31.9 Å². The molecule has 34 heavy (non-hydrogen) atoms. The third-order valence-electron chi connectivity index (χ3n) is 5.14. The van der Waals surface area contributed by atoms with Gasteiger partial charge in [-0.1, -0.05) is 38.1 Å².